The second-order valence-electron chi connectivity index (χ2n) is 5.10. The zero-order valence-electron chi connectivity index (χ0n) is 10.7. The van der Waals surface area contributed by atoms with Gasteiger partial charge in [-0.05, 0) is 18.3 Å². The highest BCUT2D eigenvalue weighted by atomic mass is 16.4. The van der Waals surface area contributed by atoms with Gasteiger partial charge in [0.15, 0.2) is 5.84 Å². The Hall–Kier alpha value is -1.85. The zero-order chi connectivity index (χ0) is 13.1. The molecule has 1 aromatic heterocycles. The lowest BCUT2D eigenvalue weighted by atomic mass is 9.92. The van der Waals surface area contributed by atoms with Crippen molar-refractivity contribution in [1.29, 1.82) is 0 Å². The summed E-state index contributed by atoms with van der Waals surface area (Å²) in [5.41, 5.74) is 5.84. The summed E-state index contributed by atoms with van der Waals surface area (Å²) in [4.78, 5) is 10.7. The Morgan fingerprint density at radius 2 is 2.00 bits per heavy atom. The average Bonchev–Trinajstić information content (AvgIpc) is 2.37. The SMILES string of the molecule is CC1CC(C)CN(c2cnc(C(N)=NO)cn2)C1. The van der Waals surface area contributed by atoms with Crippen molar-refractivity contribution in [2.75, 3.05) is 18.0 Å². The van der Waals surface area contributed by atoms with E-state index in [-0.39, 0.29) is 5.84 Å². The van der Waals surface area contributed by atoms with Gasteiger partial charge in [-0.1, -0.05) is 19.0 Å². The maximum absolute atomic E-state index is 8.56. The molecule has 0 aliphatic carbocycles. The first-order valence-electron chi connectivity index (χ1n) is 6.15. The molecular weight excluding hydrogens is 230 g/mol. The molecule has 0 amide bonds. The summed E-state index contributed by atoms with van der Waals surface area (Å²) >= 11 is 0. The van der Waals surface area contributed by atoms with E-state index in [4.69, 9.17) is 10.9 Å². The van der Waals surface area contributed by atoms with Crippen LogP contribution in [0.5, 0.6) is 0 Å². The number of nitrogens with two attached hydrogens (primary N) is 1. The van der Waals surface area contributed by atoms with Crippen LogP contribution in [0.25, 0.3) is 0 Å². The number of aromatic nitrogens is 2. The molecule has 0 radical (unpaired) electrons. The van der Waals surface area contributed by atoms with Crippen molar-refractivity contribution < 1.29 is 5.21 Å². The molecule has 3 N–H and O–H groups in total. The number of hydrogen-bond acceptors (Lipinski definition) is 5. The average molecular weight is 249 g/mol. The minimum absolute atomic E-state index is 0.0190. The lowest BCUT2D eigenvalue weighted by Gasteiger charge is -2.35. The van der Waals surface area contributed by atoms with Crippen molar-refractivity contribution in [2.24, 2.45) is 22.7 Å². The van der Waals surface area contributed by atoms with Crippen LogP contribution in [-0.4, -0.2) is 34.1 Å². The van der Waals surface area contributed by atoms with Gasteiger partial charge in [0.1, 0.15) is 11.5 Å². The van der Waals surface area contributed by atoms with Gasteiger partial charge in [0.2, 0.25) is 0 Å². The molecule has 6 heteroatoms. The summed E-state index contributed by atoms with van der Waals surface area (Å²) < 4.78 is 0. The van der Waals surface area contributed by atoms with Gasteiger partial charge in [-0.2, -0.15) is 0 Å². The first-order valence-corrected chi connectivity index (χ1v) is 6.15. The number of amidine groups is 1. The smallest absolute Gasteiger partial charge is 0.190 e. The van der Waals surface area contributed by atoms with Crippen molar-refractivity contribution in [3.8, 4) is 0 Å². The lowest BCUT2D eigenvalue weighted by molar-refractivity contribution is 0.318. The summed E-state index contributed by atoms with van der Waals surface area (Å²) in [6.45, 7) is 6.51. The molecule has 18 heavy (non-hydrogen) atoms. The van der Waals surface area contributed by atoms with Gasteiger partial charge in [0.05, 0.1) is 12.4 Å². The largest absolute Gasteiger partial charge is 0.409 e. The van der Waals surface area contributed by atoms with E-state index < -0.39 is 0 Å². The molecule has 2 rings (SSSR count). The van der Waals surface area contributed by atoms with Crippen LogP contribution in [-0.2, 0) is 0 Å². The molecule has 1 saturated heterocycles. The van der Waals surface area contributed by atoms with E-state index in [0.717, 1.165) is 18.9 Å². The minimum atomic E-state index is -0.0190. The van der Waals surface area contributed by atoms with Gasteiger partial charge in [-0.3, -0.25) is 0 Å². The van der Waals surface area contributed by atoms with E-state index in [1.165, 1.54) is 12.6 Å². The maximum Gasteiger partial charge on any atom is 0.190 e. The second-order valence-corrected chi connectivity index (χ2v) is 5.10. The molecule has 1 aromatic rings. The van der Waals surface area contributed by atoms with Gasteiger partial charge in [0.25, 0.3) is 0 Å². The molecule has 2 unspecified atom stereocenters. The van der Waals surface area contributed by atoms with E-state index in [0.29, 0.717) is 17.5 Å². The molecule has 0 bridgehead atoms. The quantitative estimate of drug-likeness (QED) is 0.354. The van der Waals surface area contributed by atoms with Crippen LogP contribution < -0.4 is 10.6 Å². The molecule has 1 aliphatic rings. The summed E-state index contributed by atoms with van der Waals surface area (Å²) in [5.74, 6) is 2.16. The first-order chi connectivity index (χ1) is 8.60. The predicted molar refractivity (Wildman–Crippen MR) is 69.7 cm³/mol. The zero-order valence-corrected chi connectivity index (χ0v) is 10.7. The number of anilines is 1. The third-order valence-corrected chi connectivity index (χ3v) is 3.20. The molecule has 1 aliphatic heterocycles. The fraction of sp³-hybridized carbons (Fsp3) is 0.583. The van der Waals surface area contributed by atoms with E-state index in [9.17, 15) is 0 Å². The molecular formula is C12H19N5O. The fourth-order valence-corrected chi connectivity index (χ4v) is 2.52. The van der Waals surface area contributed by atoms with Crippen LogP contribution in [0.3, 0.4) is 0 Å². The topological polar surface area (TPSA) is 87.6 Å². The van der Waals surface area contributed by atoms with E-state index in [1.807, 2.05) is 0 Å². The van der Waals surface area contributed by atoms with Crippen LogP contribution in [0, 0.1) is 11.8 Å². The number of oxime groups is 1. The lowest BCUT2D eigenvalue weighted by Crippen LogP contribution is -2.39. The molecule has 0 aromatic carbocycles. The first kappa shape index (κ1) is 12.6. The van der Waals surface area contributed by atoms with Crippen molar-refractivity contribution in [3.63, 3.8) is 0 Å². The summed E-state index contributed by atoms with van der Waals surface area (Å²) in [6.07, 6.45) is 4.47. The van der Waals surface area contributed by atoms with Gasteiger partial charge < -0.3 is 15.8 Å². The number of hydrogen-bond donors (Lipinski definition) is 2. The highest BCUT2D eigenvalue weighted by molar-refractivity contribution is 5.94. The number of rotatable bonds is 2. The third-order valence-electron chi connectivity index (χ3n) is 3.20. The van der Waals surface area contributed by atoms with Crippen LogP contribution >= 0.6 is 0 Å². The number of piperidine rings is 1. The maximum atomic E-state index is 8.56. The molecule has 0 spiro atoms. The third kappa shape index (κ3) is 2.69. The Balaban J connectivity index is 2.14. The van der Waals surface area contributed by atoms with E-state index in [2.05, 4.69) is 33.9 Å². The monoisotopic (exact) mass is 249 g/mol. The standard InChI is InChI=1S/C12H19N5O/c1-8-3-9(2)7-17(6-8)11-5-14-10(4-15-11)12(13)16-18/h4-5,8-9,18H,3,6-7H2,1-2H3,(H2,13,16). The van der Waals surface area contributed by atoms with Crippen molar-refractivity contribution in [1.82, 2.24) is 9.97 Å². The van der Waals surface area contributed by atoms with Crippen molar-refractivity contribution in [3.05, 3.63) is 18.1 Å². The molecule has 2 heterocycles. The van der Waals surface area contributed by atoms with Crippen molar-refractivity contribution >= 4 is 11.7 Å². The Kier molecular flexibility index (Phi) is 3.64. The molecule has 2 atom stereocenters. The second kappa shape index (κ2) is 5.20. The fourth-order valence-electron chi connectivity index (χ4n) is 2.52. The Bertz CT molecular complexity index is 421. The van der Waals surface area contributed by atoms with E-state index in [1.54, 1.807) is 6.20 Å². The van der Waals surface area contributed by atoms with Gasteiger partial charge in [-0.25, -0.2) is 9.97 Å². The van der Waals surface area contributed by atoms with Gasteiger partial charge in [0, 0.05) is 13.1 Å². The van der Waals surface area contributed by atoms with Crippen LogP contribution in [0.15, 0.2) is 17.5 Å². The van der Waals surface area contributed by atoms with Crippen LogP contribution in [0.1, 0.15) is 26.0 Å². The highest BCUT2D eigenvalue weighted by Crippen LogP contribution is 2.24. The highest BCUT2D eigenvalue weighted by Gasteiger charge is 2.22. The molecule has 6 nitrogen and oxygen atoms in total. The van der Waals surface area contributed by atoms with E-state index >= 15 is 0 Å². The molecule has 1 fully saturated rings. The van der Waals surface area contributed by atoms with Crippen LogP contribution in [0.4, 0.5) is 5.82 Å². The summed E-state index contributed by atoms with van der Waals surface area (Å²) in [6, 6.07) is 0. The minimum Gasteiger partial charge on any atom is -0.409 e. The normalized spacial score (nSPS) is 25.2. The molecule has 98 valence electrons. The molecule has 0 saturated carbocycles. The Morgan fingerprint density at radius 1 is 1.33 bits per heavy atom. The van der Waals surface area contributed by atoms with Gasteiger partial charge in [-0.15, -0.1) is 0 Å². The Morgan fingerprint density at radius 3 is 2.50 bits per heavy atom. The number of nitrogens with zero attached hydrogens (tertiary/aromatic N) is 4. The summed E-state index contributed by atoms with van der Waals surface area (Å²) in [5, 5.41) is 11.5. The van der Waals surface area contributed by atoms with Crippen molar-refractivity contribution in [2.45, 2.75) is 20.3 Å². The summed E-state index contributed by atoms with van der Waals surface area (Å²) in [7, 11) is 0. The van der Waals surface area contributed by atoms with Gasteiger partial charge >= 0.3 is 0 Å². The van der Waals surface area contributed by atoms with Crippen LogP contribution in [0.2, 0.25) is 0 Å². The Labute approximate surface area is 107 Å². The predicted octanol–water partition coefficient (Wildman–Crippen LogP) is 1.05.